The highest BCUT2D eigenvalue weighted by atomic mass is 16.6. The lowest BCUT2D eigenvalue weighted by Gasteiger charge is -2.35. The number of carbonyl (C=O) groups excluding carboxylic acids is 3. The largest absolute Gasteiger partial charge is 0.508 e. The molecule has 3 amide bonds. The number of fused-ring (bicyclic) bond motifs is 1. The van der Waals surface area contributed by atoms with Gasteiger partial charge in [0.05, 0.1) is 0 Å². The van der Waals surface area contributed by atoms with Crippen LogP contribution in [0.4, 0.5) is 10.5 Å². The van der Waals surface area contributed by atoms with Gasteiger partial charge in [-0.2, -0.15) is 0 Å². The zero-order chi connectivity index (χ0) is 28.7. The van der Waals surface area contributed by atoms with Crippen molar-refractivity contribution in [3.63, 3.8) is 0 Å². The Morgan fingerprint density at radius 3 is 2.23 bits per heavy atom. The number of rotatable bonds is 9. The summed E-state index contributed by atoms with van der Waals surface area (Å²) in [5.74, 6) is -1.20. The minimum atomic E-state index is -1.08. The van der Waals surface area contributed by atoms with E-state index in [9.17, 15) is 19.5 Å². The number of hydrogen-bond donors (Lipinski definition) is 3. The molecular formula is C31H37N3O5. The lowest BCUT2D eigenvalue weighted by atomic mass is 9.98. The van der Waals surface area contributed by atoms with Gasteiger partial charge in [-0.3, -0.25) is 9.59 Å². The van der Waals surface area contributed by atoms with E-state index in [4.69, 9.17) is 4.74 Å². The van der Waals surface area contributed by atoms with Crippen molar-refractivity contribution in [2.24, 2.45) is 5.92 Å². The Labute approximate surface area is 229 Å². The third-order valence-corrected chi connectivity index (χ3v) is 6.00. The number of phenols is 1. The van der Waals surface area contributed by atoms with Crippen molar-refractivity contribution in [3.8, 4) is 5.75 Å². The van der Waals surface area contributed by atoms with Crippen LogP contribution in [0.15, 0.2) is 79.4 Å². The van der Waals surface area contributed by atoms with Gasteiger partial charge in [0, 0.05) is 12.2 Å². The van der Waals surface area contributed by atoms with Gasteiger partial charge >= 0.3 is 6.09 Å². The number of hydrogen-bond acceptors (Lipinski definition) is 5. The molecule has 0 heterocycles. The Morgan fingerprint density at radius 2 is 1.64 bits per heavy atom. The van der Waals surface area contributed by atoms with Gasteiger partial charge in [0.15, 0.2) is 0 Å². The Bertz CT molecular complexity index is 1330. The zero-order valence-corrected chi connectivity index (χ0v) is 23.1. The Morgan fingerprint density at radius 1 is 1.00 bits per heavy atom. The normalized spacial score (nSPS) is 12.9. The number of amides is 3. The van der Waals surface area contributed by atoms with Crippen LogP contribution in [0.5, 0.6) is 5.75 Å². The smallest absolute Gasteiger partial charge is 0.408 e. The molecule has 0 aliphatic carbocycles. The standard InChI is InChI=1S/C31H37N3O5/c1-7-18-34(29(37)26(20(2)3)33-30(38)39-31(4,5)6)27(22-13-16-25(35)17-14-22)28(36)32-24-15-12-21-10-8-9-11-23(21)19-24/h7-17,19-20,26-27,35H,1,18H2,2-6H3,(H,32,36)(H,33,38). The van der Waals surface area contributed by atoms with Crippen LogP contribution < -0.4 is 10.6 Å². The second kappa shape index (κ2) is 12.5. The number of nitrogens with zero attached hydrogens (tertiary/aromatic N) is 1. The van der Waals surface area contributed by atoms with Crippen LogP contribution in [0.3, 0.4) is 0 Å². The van der Waals surface area contributed by atoms with E-state index in [-0.39, 0.29) is 18.2 Å². The molecule has 39 heavy (non-hydrogen) atoms. The first-order chi connectivity index (χ1) is 18.4. The molecule has 0 bridgehead atoms. The summed E-state index contributed by atoms with van der Waals surface area (Å²) < 4.78 is 5.38. The molecule has 0 saturated carbocycles. The van der Waals surface area contributed by atoms with E-state index < -0.39 is 35.6 Å². The number of carbonyl (C=O) groups is 3. The van der Waals surface area contributed by atoms with Crippen LogP contribution in [0.25, 0.3) is 10.8 Å². The summed E-state index contributed by atoms with van der Waals surface area (Å²) in [5, 5.41) is 17.5. The second-order valence-corrected chi connectivity index (χ2v) is 10.7. The predicted octanol–water partition coefficient (Wildman–Crippen LogP) is 5.79. The fraction of sp³-hybridized carbons (Fsp3) is 0.323. The van der Waals surface area contributed by atoms with Crippen LogP contribution in [0.2, 0.25) is 0 Å². The average Bonchev–Trinajstić information content (AvgIpc) is 2.86. The van der Waals surface area contributed by atoms with Crippen LogP contribution in [-0.2, 0) is 14.3 Å². The minimum absolute atomic E-state index is 0.0284. The fourth-order valence-electron chi connectivity index (χ4n) is 4.20. The van der Waals surface area contributed by atoms with E-state index in [1.54, 1.807) is 52.8 Å². The fourth-order valence-corrected chi connectivity index (χ4v) is 4.20. The number of phenolic OH excluding ortho intramolecular Hbond substituents is 1. The van der Waals surface area contributed by atoms with Crippen molar-refractivity contribution in [1.29, 1.82) is 0 Å². The number of ether oxygens (including phenoxy) is 1. The predicted molar refractivity (Wildman–Crippen MR) is 153 cm³/mol. The molecule has 2 unspecified atom stereocenters. The number of anilines is 1. The Hall–Kier alpha value is -4.33. The molecule has 0 aliphatic rings. The molecule has 3 aromatic carbocycles. The lowest BCUT2D eigenvalue weighted by Crippen LogP contribution is -2.54. The van der Waals surface area contributed by atoms with Crippen LogP contribution in [-0.4, -0.2) is 46.1 Å². The highest BCUT2D eigenvalue weighted by Crippen LogP contribution is 2.28. The van der Waals surface area contributed by atoms with Gasteiger partial charge in [0.2, 0.25) is 5.91 Å². The summed E-state index contributed by atoms with van der Waals surface area (Å²) in [6, 6.07) is 17.4. The third kappa shape index (κ3) is 7.83. The molecule has 3 N–H and O–H groups in total. The van der Waals surface area contributed by atoms with Crippen molar-refractivity contribution < 1.29 is 24.2 Å². The molecule has 0 saturated heterocycles. The average molecular weight is 532 g/mol. The number of benzene rings is 3. The van der Waals surface area contributed by atoms with E-state index in [0.29, 0.717) is 11.3 Å². The van der Waals surface area contributed by atoms with Crippen molar-refractivity contribution >= 4 is 34.4 Å². The summed E-state index contributed by atoms with van der Waals surface area (Å²) >= 11 is 0. The highest BCUT2D eigenvalue weighted by molar-refractivity contribution is 6.00. The molecule has 3 aromatic rings. The monoisotopic (exact) mass is 531 g/mol. The van der Waals surface area contributed by atoms with Gasteiger partial charge in [-0.05, 0) is 67.3 Å². The van der Waals surface area contributed by atoms with Gasteiger partial charge in [-0.25, -0.2) is 4.79 Å². The molecule has 8 nitrogen and oxygen atoms in total. The molecule has 206 valence electrons. The summed E-state index contributed by atoms with van der Waals surface area (Å²) in [7, 11) is 0. The molecule has 0 aliphatic heterocycles. The van der Waals surface area contributed by atoms with Crippen LogP contribution in [0.1, 0.15) is 46.2 Å². The SMILES string of the molecule is C=CCN(C(=O)C(NC(=O)OC(C)(C)C)C(C)C)C(C(=O)Nc1ccc2ccccc2c1)c1ccc(O)cc1. The Balaban J connectivity index is 1.99. The third-order valence-electron chi connectivity index (χ3n) is 6.00. The molecule has 2 atom stereocenters. The Kier molecular flexibility index (Phi) is 9.35. The molecular weight excluding hydrogens is 494 g/mol. The van der Waals surface area contributed by atoms with Crippen LogP contribution >= 0.6 is 0 Å². The first-order valence-corrected chi connectivity index (χ1v) is 12.9. The van der Waals surface area contributed by atoms with Crippen molar-refractivity contribution in [2.45, 2.75) is 52.3 Å². The first kappa shape index (κ1) is 29.2. The van der Waals surface area contributed by atoms with Gasteiger partial charge in [-0.1, -0.05) is 62.4 Å². The number of nitrogens with one attached hydrogen (secondary N) is 2. The van der Waals surface area contributed by atoms with Crippen molar-refractivity contribution in [2.75, 3.05) is 11.9 Å². The van der Waals surface area contributed by atoms with E-state index in [1.165, 1.54) is 23.1 Å². The minimum Gasteiger partial charge on any atom is -0.508 e. The second-order valence-electron chi connectivity index (χ2n) is 10.7. The van der Waals surface area contributed by atoms with Crippen molar-refractivity contribution in [3.05, 3.63) is 84.9 Å². The number of aromatic hydroxyl groups is 1. The van der Waals surface area contributed by atoms with E-state index in [0.717, 1.165) is 10.8 Å². The molecule has 3 rings (SSSR count). The maximum atomic E-state index is 14.0. The summed E-state index contributed by atoms with van der Waals surface area (Å²) in [6.07, 6.45) is 0.800. The van der Waals surface area contributed by atoms with Crippen molar-refractivity contribution in [1.82, 2.24) is 10.2 Å². The molecule has 0 spiro atoms. The van der Waals surface area contributed by atoms with E-state index in [1.807, 2.05) is 36.4 Å². The molecule has 0 radical (unpaired) electrons. The molecule has 0 fully saturated rings. The van der Waals surface area contributed by atoms with E-state index >= 15 is 0 Å². The van der Waals surface area contributed by atoms with Gasteiger partial charge in [0.1, 0.15) is 23.4 Å². The summed E-state index contributed by atoms with van der Waals surface area (Å²) in [6.45, 7) is 12.6. The zero-order valence-electron chi connectivity index (χ0n) is 23.1. The van der Waals surface area contributed by atoms with E-state index in [2.05, 4.69) is 17.2 Å². The van der Waals surface area contributed by atoms with Gasteiger partial charge < -0.3 is 25.4 Å². The summed E-state index contributed by atoms with van der Waals surface area (Å²) in [4.78, 5) is 41.8. The molecule has 0 aromatic heterocycles. The highest BCUT2D eigenvalue weighted by Gasteiger charge is 2.37. The quantitative estimate of drug-likeness (QED) is 0.303. The maximum Gasteiger partial charge on any atom is 0.408 e. The number of alkyl carbamates (subject to hydrolysis) is 1. The first-order valence-electron chi connectivity index (χ1n) is 12.9. The van der Waals surface area contributed by atoms with Gasteiger partial charge in [-0.15, -0.1) is 6.58 Å². The van der Waals surface area contributed by atoms with Crippen LogP contribution in [0, 0.1) is 5.92 Å². The maximum absolute atomic E-state index is 14.0. The van der Waals surface area contributed by atoms with Gasteiger partial charge in [0.25, 0.3) is 5.91 Å². The topological polar surface area (TPSA) is 108 Å². The molecule has 8 heteroatoms. The summed E-state index contributed by atoms with van der Waals surface area (Å²) in [5.41, 5.74) is 0.311. The lowest BCUT2D eigenvalue weighted by molar-refractivity contribution is -0.141.